The lowest BCUT2D eigenvalue weighted by Gasteiger charge is -2.56. The van der Waals surface area contributed by atoms with Gasteiger partial charge in [-0.15, -0.1) is 0 Å². The fourth-order valence-corrected chi connectivity index (χ4v) is 7.45. The second-order valence-corrected chi connectivity index (χ2v) is 10.9. The number of nitrogens with zero attached hydrogens (tertiary/aromatic N) is 3. The third kappa shape index (κ3) is 3.41. The molecule has 2 amide bonds. The van der Waals surface area contributed by atoms with Crippen molar-refractivity contribution in [3.05, 3.63) is 35.8 Å². The molecule has 2 N–H and O–H groups in total. The molecule has 5 fully saturated rings. The van der Waals surface area contributed by atoms with Gasteiger partial charge in [-0.3, -0.25) is 14.0 Å². The van der Waals surface area contributed by atoms with E-state index in [4.69, 9.17) is 0 Å². The van der Waals surface area contributed by atoms with Crippen molar-refractivity contribution in [2.75, 3.05) is 26.2 Å². The quantitative estimate of drug-likeness (QED) is 0.774. The Morgan fingerprint density at radius 3 is 2.56 bits per heavy atom. The molecule has 0 unspecified atom stereocenters. The number of hydrogen-bond donors (Lipinski definition) is 2. The van der Waals surface area contributed by atoms with Crippen molar-refractivity contribution in [1.29, 1.82) is 0 Å². The van der Waals surface area contributed by atoms with Gasteiger partial charge in [0.2, 0.25) is 0 Å². The van der Waals surface area contributed by atoms with Gasteiger partial charge >= 0.3 is 0 Å². The third-order valence-corrected chi connectivity index (χ3v) is 8.50. The lowest BCUT2D eigenvalue weighted by molar-refractivity contribution is -0.0503. The number of nitrogens with one attached hydrogen (secondary N) is 2. The number of imidazole rings is 1. The van der Waals surface area contributed by atoms with Crippen molar-refractivity contribution >= 4 is 17.5 Å². The maximum atomic E-state index is 13.2. The second kappa shape index (κ2) is 7.58. The van der Waals surface area contributed by atoms with Gasteiger partial charge in [0, 0.05) is 38.4 Å². The molecule has 0 radical (unpaired) electrons. The molecule has 0 aromatic carbocycles. The average molecular weight is 436 g/mol. The summed E-state index contributed by atoms with van der Waals surface area (Å²) < 4.78 is 1.77. The lowest BCUT2D eigenvalue weighted by atomic mass is 9.49. The van der Waals surface area contributed by atoms with E-state index in [1.165, 1.54) is 38.5 Å². The van der Waals surface area contributed by atoms with Crippen LogP contribution in [-0.2, 0) is 0 Å². The summed E-state index contributed by atoms with van der Waals surface area (Å²) in [6.07, 6.45) is 9.77. The van der Waals surface area contributed by atoms with Crippen LogP contribution in [0.15, 0.2) is 24.4 Å². The first kappa shape index (κ1) is 20.2. The SMILES string of the molecule is C[C@H]1CNCCN1C(=O)c1cn2c(C(=O)NCC34CC5CC(CC(C5)C3)C4)cccc2n1. The summed E-state index contributed by atoms with van der Waals surface area (Å²) in [6, 6.07) is 5.66. The molecule has 7 heteroatoms. The molecule has 4 saturated carbocycles. The highest BCUT2D eigenvalue weighted by atomic mass is 16.2. The van der Waals surface area contributed by atoms with Crippen LogP contribution in [0.1, 0.15) is 66.4 Å². The number of fused-ring (bicyclic) bond motifs is 1. The van der Waals surface area contributed by atoms with Crippen LogP contribution in [0.3, 0.4) is 0 Å². The first-order valence-electron chi connectivity index (χ1n) is 12.3. The minimum Gasteiger partial charge on any atom is -0.350 e. The lowest BCUT2D eigenvalue weighted by Crippen LogP contribution is -2.52. The summed E-state index contributed by atoms with van der Waals surface area (Å²) in [7, 11) is 0. The van der Waals surface area contributed by atoms with Gasteiger partial charge in [0.1, 0.15) is 17.0 Å². The Kier molecular flexibility index (Phi) is 4.79. The van der Waals surface area contributed by atoms with Crippen molar-refractivity contribution in [1.82, 2.24) is 24.9 Å². The first-order valence-corrected chi connectivity index (χ1v) is 12.3. The number of hydrogen-bond acceptors (Lipinski definition) is 4. The van der Waals surface area contributed by atoms with Crippen molar-refractivity contribution in [3.63, 3.8) is 0 Å². The number of carbonyl (C=O) groups excluding carboxylic acids is 2. The summed E-state index contributed by atoms with van der Waals surface area (Å²) in [5.41, 5.74) is 1.89. The van der Waals surface area contributed by atoms with Crippen LogP contribution in [0.4, 0.5) is 0 Å². The Labute approximate surface area is 188 Å². The Hall–Kier alpha value is -2.41. The number of piperazine rings is 1. The maximum absolute atomic E-state index is 13.2. The van der Waals surface area contributed by atoms with Crippen molar-refractivity contribution in [2.24, 2.45) is 23.2 Å². The van der Waals surface area contributed by atoms with Crippen LogP contribution >= 0.6 is 0 Å². The van der Waals surface area contributed by atoms with Gasteiger partial charge in [0.05, 0.1) is 0 Å². The zero-order chi connectivity index (χ0) is 21.9. The molecule has 1 saturated heterocycles. The highest BCUT2D eigenvalue weighted by molar-refractivity contribution is 5.95. The van der Waals surface area contributed by atoms with E-state index in [9.17, 15) is 9.59 Å². The molecule has 4 aliphatic carbocycles. The molecule has 2 aromatic heterocycles. The summed E-state index contributed by atoms with van der Waals surface area (Å²) in [6.45, 7) is 5.07. The molecule has 1 aliphatic heterocycles. The molecule has 5 aliphatic rings. The number of aromatic nitrogens is 2. The van der Waals surface area contributed by atoms with Crippen LogP contribution in [0.2, 0.25) is 0 Å². The van der Waals surface area contributed by atoms with Gasteiger partial charge in [-0.1, -0.05) is 6.07 Å². The Balaban J connectivity index is 1.20. The van der Waals surface area contributed by atoms with Gasteiger partial charge in [-0.25, -0.2) is 4.98 Å². The minimum atomic E-state index is -0.0710. The zero-order valence-electron chi connectivity index (χ0n) is 18.8. The van der Waals surface area contributed by atoms with E-state index in [0.29, 0.717) is 29.0 Å². The van der Waals surface area contributed by atoms with E-state index in [1.807, 2.05) is 30.0 Å². The van der Waals surface area contributed by atoms with E-state index in [-0.39, 0.29) is 17.9 Å². The Bertz CT molecular complexity index is 1020. The van der Waals surface area contributed by atoms with Crippen LogP contribution in [0, 0.1) is 23.2 Å². The van der Waals surface area contributed by atoms with Gasteiger partial charge < -0.3 is 15.5 Å². The van der Waals surface area contributed by atoms with Crippen LogP contribution < -0.4 is 10.6 Å². The molecular formula is C25H33N5O2. The Morgan fingerprint density at radius 1 is 1.16 bits per heavy atom. The van der Waals surface area contributed by atoms with E-state index < -0.39 is 0 Å². The maximum Gasteiger partial charge on any atom is 0.274 e. The predicted octanol–water partition coefficient (Wildman–Crippen LogP) is 2.71. The third-order valence-electron chi connectivity index (χ3n) is 8.50. The number of rotatable bonds is 4. The Morgan fingerprint density at radius 2 is 1.88 bits per heavy atom. The van der Waals surface area contributed by atoms with Crippen molar-refractivity contribution < 1.29 is 9.59 Å². The molecule has 3 heterocycles. The van der Waals surface area contributed by atoms with E-state index >= 15 is 0 Å². The van der Waals surface area contributed by atoms with Gasteiger partial charge in [0.15, 0.2) is 0 Å². The fourth-order valence-electron chi connectivity index (χ4n) is 7.45. The highest BCUT2D eigenvalue weighted by Gasteiger charge is 2.50. The smallest absolute Gasteiger partial charge is 0.274 e. The molecule has 7 rings (SSSR count). The summed E-state index contributed by atoms with van der Waals surface area (Å²) in [4.78, 5) is 32.7. The number of pyridine rings is 1. The fraction of sp³-hybridized carbons (Fsp3) is 0.640. The molecule has 2 aromatic rings. The zero-order valence-corrected chi connectivity index (χ0v) is 18.8. The molecule has 4 bridgehead atoms. The van der Waals surface area contributed by atoms with Crippen molar-refractivity contribution in [2.45, 2.75) is 51.5 Å². The van der Waals surface area contributed by atoms with Crippen LogP contribution in [0.5, 0.6) is 0 Å². The summed E-state index contributed by atoms with van der Waals surface area (Å²) in [5.74, 6) is 2.48. The first-order chi connectivity index (χ1) is 15.5. The van der Waals surface area contributed by atoms with Gasteiger partial charge in [-0.2, -0.15) is 0 Å². The number of carbonyl (C=O) groups is 2. The average Bonchev–Trinajstić information content (AvgIpc) is 3.21. The second-order valence-electron chi connectivity index (χ2n) is 10.9. The predicted molar refractivity (Wildman–Crippen MR) is 121 cm³/mol. The monoisotopic (exact) mass is 435 g/mol. The minimum absolute atomic E-state index is 0.0670. The van der Waals surface area contributed by atoms with E-state index in [1.54, 1.807) is 10.6 Å². The van der Waals surface area contributed by atoms with Crippen molar-refractivity contribution in [3.8, 4) is 0 Å². The molecule has 1 atom stereocenters. The van der Waals surface area contributed by atoms with Gasteiger partial charge in [0.25, 0.3) is 11.8 Å². The standard InChI is InChI=1S/C25H33N5O2/c1-16-13-26-5-6-29(16)24(32)20-14-30-21(3-2-4-22(30)28-20)23(31)27-15-25-10-17-7-18(11-25)9-19(8-17)12-25/h2-4,14,16-19,26H,5-13,15H2,1H3,(H,27,31)/t16-,17?,18?,19?,25?/m0/s1. The topological polar surface area (TPSA) is 78.7 Å². The van der Waals surface area contributed by atoms with Crippen LogP contribution in [-0.4, -0.2) is 58.3 Å². The largest absolute Gasteiger partial charge is 0.350 e. The van der Waals surface area contributed by atoms with Gasteiger partial charge in [-0.05, 0) is 80.8 Å². The highest BCUT2D eigenvalue weighted by Crippen LogP contribution is 2.59. The van der Waals surface area contributed by atoms with E-state index in [0.717, 1.165) is 37.4 Å². The van der Waals surface area contributed by atoms with Crippen LogP contribution in [0.25, 0.3) is 5.65 Å². The van der Waals surface area contributed by atoms with E-state index in [2.05, 4.69) is 15.6 Å². The molecule has 7 nitrogen and oxygen atoms in total. The summed E-state index contributed by atoms with van der Waals surface area (Å²) >= 11 is 0. The summed E-state index contributed by atoms with van der Waals surface area (Å²) in [5, 5.41) is 6.58. The number of amides is 2. The molecule has 0 spiro atoms. The normalized spacial score (nSPS) is 33.6. The molecule has 170 valence electrons. The molecule has 32 heavy (non-hydrogen) atoms. The molecular weight excluding hydrogens is 402 g/mol.